The molecule has 2 aliphatic rings. The molecule has 0 saturated carbocycles. The van der Waals surface area contributed by atoms with E-state index in [1.54, 1.807) is 35.2 Å². The predicted octanol–water partition coefficient (Wildman–Crippen LogP) is 3.61. The van der Waals surface area contributed by atoms with Crippen molar-refractivity contribution < 1.29 is 13.2 Å². The number of amides is 2. The number of para-hydroxylation sites is 1. The van der Waals surface area contributed by atoms with Gasteiger partial charge in [0.05, 0.1) is 33.6 Å². The van der Waals surface area contributed by atoms with Crippen molar-refractivity contribution in [3.8, 4) is 0 Å². The van der Waals surface area contributed by atoms with Gasteiger partial charge in [-0.05, 0) is 30.3 Å². The topological polar surface area (TPSA) is 57.7 Å². The van der Waals surface area contributed by atoms with Gasteiger partial charge < -0.3 is 0 Å². The van der Waals surface area contributed by atoms with E-state index < -0.39 is 21.9 Å². The van der Waals surface area contributed by atoms with Crippen molar-refractivity contribution in [1.29, 1.82) is 0 Å². The number of sulfone groups is 1. The molecule has 0 bridgehead atoms. The number of hydrogen-bond acceptors (Lipinski definition) is 3. The highest BCUT2D eigenvalue weighted by Crippen LogP contribution is 2.39. The molecule has 130 valence electrons. The molecule has 2 heterocycles. The Balaban J connectivity index is 1.82. The van der Waals surface area contributed by atoms with Crippen LogP contribution in [0, 0.1) is 0 Å². The first-order valence-electron chi connectivity index (χ1n) is 7.70. The van der Waals surface area contributed by atoms with Crippen LogP contribution in [0.4, 0.5) is 16.2 Å². The maximum atomic E-state index is 13.1. The summed E-state index contributed by atoms with van der Waals surface area (Å²) in [4.78, 5) is 16.2. The molecule has 4 rings (SSSR count). The number of halogens is 2. The zero-order valence-electron chi connectivity index (χ0n) is 13.0. The first kappa shape index (κ1) is 16.7. The van der Waals surface area contributed by atoms with E-state index >= 15 is 0 Å². The van der Waals surface area contributed by atoms with Crippen LogP contribution < -0.4 is 9.80 Å². The lowest BCUT2D eigenvalue weighted by molar-refractivity contribution is 0.255. The summed E-state index contributed by atoms with van der Waals surface area (Å²) in [6.45, 7) is 0. The van der Waals surface area contributed by atoms with Gasteiger partial charge in [0.15, 0.2) is 9.84 Å². The van der Waals surface area contributed by atoms with Crippen molar-refractivity contribution in [1.82, 2.24) is 0 Å². The molecule has 2 aromatic carbocycles. The Morgan fingerprint density at radius 1 is 0.840 bits per heavy atom. The van der Waals surface area contributed by atoms with Gasteiger partial charge in [0.1, 0.15) is 0 Å². The highest BCUT2D eigenvalue weighted by atomic mass is 35.5. The molecule has 2 aromatic rings. The Bertz CT molecular complexity index is 950. The van der Waals surface area contributed by atoms with Gasteiger partial charge >= 0.3 is 6.03 Å². The number of urea groups is 1. The van der Waals surface area contributed by atoms with Crippen LogP contribution in [0.15, 0.2) is 48.5 Å². The second-order valence-electron chi connectivity index (χ2n) is 6.17. The van der Waals surface area contributed by atoms with Gasteiger partial charge in [-0.25, -0.2) is 13.2 Å². The molecular weight excluding hydrogens is 383 g/mol. The zero-order valence-corrected chi connectivity index (χ0v) is 15.3. The molecular formula is C17H14Cl2N2O3S. The minimum absolute atomic E-state index is 0.0455. The molecule has 8 heteroatoms. The molecule has 0 unspecified atom stereocenters. The molecule has 0 N–H and O–H groups in total. The van der Waals surface area contributed by atoms with Gasteiger partial charge in [0.2, 0.25) is 0 Å². The average molecular weight is 397 g/mol. The standard InChI is InChI=1S/C17H14Cl2N2O3S/c18-13-7-6-12(8-14(13)19)21-16-10-25(23,24)9-15(16)20(17(21)22)11-4-2-1-3-5-11/h1-8,15-16H,9-10H2/t15-,16+/m0/s1. The maximum Gasteiger partial charge on any atom is 0.329 e. The largest absolute Gasteiger partial charge is 0.329 e. The van der Waals surface area contributed by atoms with Crippen LogP contribution in [0.2, 0.25) is 10.0 Å². The lowest BCUT2D eigenvalue weighted by Crippen LogP contribution is -2.37. The second kappa shape index (κ2) is 5.90. The summed E-state index contributed by atoms with van der Waals surface area (Å²) in [7, 11) is -3.22. The molecule has 2 amide bonds. The molecule has 5 nitrogen and oxygen atoms in total. The molecule has 2 fully saturated rings. The first-order chi connectivity index (χ1) is 11.9. The van der Waals surface area contributed by atoms with E-state index in [2.05, 4.69) is 0 Å². The van der Waals surface area contributed by atoms with Gasteiger partial charge in [0, 0.05) is 11.4 Å². The van der Waals surface area contributed by atoms with Crippen LogP contribution in [0.1, 0.15) is 0 Å². The smallest absolute Gasteiger partial charge is 0.288 e. The fourth-order valence-electron chi connectivity index (χ4n) is 3.53. The van der Waals surface area contributed by atoms with E-state index in [9.17, 15) is 13.2 Å². The summed E-state index contributed by atoms with van der Waals surface area (Å²) in [6, 6.07) is 12.9. The second-order valence-corrected chi connectivity index (χ2v) is 9.14. The minimum atomic E-state index is -3.22. The molecule has 0 radical (unpaired) electrons. The summed E-state index contributed by atoms with van der Waals surface area (Å²) in [5.41, 5.74) is 1.23. The van der Waals surface area contributed by atoms with Crippen molar-refractivity contribution >= 4 is 50.4 Å². The normalized spacial score (nSPS) is 24.6. The van der Waals surface area contributed by atoms with Crippen LogP contribution in [0.3, 0.4) is 0 Å². The van der Waals surface area contributed by atoms with Crippen molar-refractivity contribution in [3.05, 3.63) is 58.6 Å². The number of anilines is 2. The molecule has 2 aliphatic heterocycles. The third-order valence-electron chi connectivity index (χ3n) is 4.58. The van der Waals surface area contributed by atoms with E-state index in [1.807, 2.05) is 18.2 Å². The lowest BCUT2D eigenvalue weighted by Gasteiger charge is -2.23. The number of nitrogens with zero attached hydrogens (tertiary/aromatic N) is 2. The molecule has 0 spiro atoms. The monoisotopic (exact) mass is 396 g/mol. The van der Waals surface area contributed by atoms with Crippen molar-refractivity contribution in [2.75, 3.05) is 21.3 Å². The van der Waals surface area contributed by atoms with Gasteiger partial charge in [-0.1, -0.05) is 41.4 Å². The van der Waals surface area contributed by atoms with Crippen LogP contribution >= 0.6 is 23.2 Å². The molecule has 25 heavy (non-hydrogen) atoms. The SMILES string of the molecule is O=C1N(c2ccc(Cl)c(Cl)c2)[C@@H]2CS(=O)(=O)C[C@@H]2N1c1ccccc1. The van der Waals surface area contributed by atoms with Crippen LogP contribution in [-0.4, -0.2) is 38.0 Å². The quantitative estimate of drug-likeness (QED) is 0.728. The maximum absolute atomic E-state index is 13.1. The van der Waals surface area contributed by atoms with Gasteiger partial charge in [0.25, 0.3) is 0 Å². The Morgan fingerprint density at radius 2 is 1.44 bits per heavy atom. The summed E-state index contributed by atoms with van der Waals surface area (Å²) < 4.78 is 24.4. The van der Waals surface area contributed by atoms with Crippen LogP contribution in [0.25, 0.3) is 0 Å². The fraction of sp³-hybridized carbons (Fsp3) is 0.235. The molecule has 2 saturated heterocycles. The Kier molecular flexibility index (Phi) is 3.94. The number of hydrogen-bond donors (Lipinski definition) is 0. The third kappa shape index (κ3) is 2.78. The number of rotatable bonds is 2. The Labute approximate surface area is 155 Å². The van der Waals surface area contributed by atoms with Crippen LogP contribution in [0.5, 0.6) is 0 Å². The Hall–Kier alpha value is -1.76. The lowest BCUT2D eigenvalue weighted by atomic mass is 10.1. The fourth-order valence-corrected chi connectivity index (χ4v) is 5.74. The highest BCUT2D eigenvalue weighted by molar-refractivity contribution is 7.91. The number of carbonyl (C=O) groups excluding carboxylic acids is 1. The van der Waals surface area contributed by atoms with Gasteiger partial charge in [-0.15, -0.1) is 0 Å². The average Bonchev–Trinajstić information content (AvgIpc) is 3.00. The summed E-state index contributed by atoms with van der Waals surface area (Å²) in [6.07, 6.45) is 0. The van der Waals surface area contributed by atoms with Gasteiger partial charge in [-0.3, -0.25) is 9.80 Å². The van der Waals surface area contributed by atoms with Crippen molar-refractivity contribution in [3.63, 3.8) is 0 Å². The van der Waals surface area contributed by atoms with Gasteiger partial charge in [-0.2, -0.15) is 0 Å². The molecule has 0 aromatic heterocycles. The minimum Gasteiger partial charge on any atom is -0.288 e. The van der Waals surface area contributed by atoms with Crippen LogP contribution in [-0.2, 0) is 9.84 Å². The first-order valence-corrected chi connectivity index (χ1v) is 10.3. The van der Waals surface area contributed by atoms with E-state index in [1.165, 1.54) is 4.90 Å². The summed E-state index contributed by atoms with van der Waals surface area (Å²) in [5.74, 6) is -0.108. The van der Waals surface area contributed by atoms with E-state index in [-0.39, 0.29) is 17.5 Å². The number of fused-ring (bicyclic) bond motifs is 1. The number of carbonyl (C=O) groups is 1. The predicted molar refractivity (Wildman–Crippen MR) is 99.5 cm³/mol. The van der Waals surface area contributed by atoms with E-state index in [0.717, 1.165) is 0 Å². The van der Waals surface area contributed by atoms with E-state index in [4.69, 9.17) is 23.2 Å². The zero-order chi connectivity index (χ0) is 17.8. The van der Waals surface area contributed by atoms with Crippen molar-refractivity contribution in [2.24, 2.45) is 0 Å². The molecule has 2 atom stereocenters. The molecule has 0 aliphatic carbocycles. The summed E-state index contributed by atoms with van der Waals surface area (Å²) >= 11 is 12.1. The third-order valence-corrected chi connectivity index (χ3v) is 7.02. The highest BCUT2D eigenvalue weighted by Gasteiger charge is 2.54. The Morgan fingerprint density at radius 3 is 2.04 bits per heavy atom. The number of benzene rings is 2. The summed E-state index contributed by atoms with van der Waals surface area (Å²) in [5, 5.41) is 0.704. The van der Waals surface area contributed by atoms with Crippen molar-refractivity contribution in [2.45, 2.75) is 12.1 Å². The van der Waals surface area contributed by atoms with E-state index in [0.29, 0.717) is 21.4 Å².